The summed E-state index contributed by atoms with van der Waals surface area (Å²) in [5.41, 5.74) is 6.30. The molecule has 0 atom stereocenters. The van der Waals surface area contributed by atoms with Gasteiger partial charge in [-0.1, -0.05) is 13.8 Å². The van der Waals surface area contributed by atoms with E-state index in [4.69, 9.17) is 10.5 Å². The molecule has 118 valence electrons. The minimum Gasteiger partial charge on any atom is -0.495 e. The Labute approximate surface area is 127 Å². The zero-order valence-electron chi connectivity index (χ0n) is 12.9. The van der Waals surface area contributed by atoms with Crippen molar-refractivity contribution in [2.45, 2.75) is 38.0 Å². The van der Waals surface area contributed by atoms with Crippen molar-refractivity contribution in [2.24, 2.45) is 5.41 Å². The second-order valence-electron chi connectivity index (χ2n) is 5.70. The Morgan fingerprint density at radius 1 is 1.33 bits per heavy atom. The van der Waals surface area contributed by atoms with Crippen molar-refractivity contribution in [2.75, 3.05) is 25.9 Å². The molecule has 2 rings (SSSR count). The highest BCUT2D eigenvalue weighted by Gasteiger charge is 2.40. The molecule has 0 bridgehead atoms. The number of rotatable bonds is 5. The third-order valence-electron chi connectivity index (χ3n) is 4.75. The number of benzene rings is 1. The summed E-state index contributed by atoms with van der Waals surface area (Å²) in [5.74, 6) is 0.396. The molecule has 0 saturated carbocycles. The van der Waals surface area contributed by atoms with Crippen molar-refractivity contribution < 1.29 is 13.2 Å². The molecule has 1 aliphatic rings. The van der Waals surface area contributed by atoms with Crippen LogP contribution in [0.25, 0.3) is 0 Å². The summed E-state index contributed by atoms with van der Waals surface area (Å²) in [6, 6.07) is 4.63. The fourth-order valence-electron chi connectivity index (χ4n) is 2.93. The molecule has 1 heterocycles. The lowest BCUT2D eigenvalue weighted by atomic mass is 9.82. The lowest BCUT2D eigenvalue weighted by molar-refractivity contribution is 0.279. The van der Waals surface area contributed by atoms with Gasteiger partial charge in [0.1, 0.15) is 5.75 Å². The standard InChI is InChI=1S/C15H24N2O3S/c1-4-15(5-2)8-9-17(11-15)21(18,19)12-6-7-13(16)14(10-12)20-3/h6-7,10H,4-5,8-9,11,16H2,1-3H3. The van der Waals surface area contributed by atoms with Gasteiger partial charge in [0, 0.05) is 19.2 Å². The van der Waals surface area contributed by atoms with Gasteiger partial charge in [0.25, 0.3) is 0 Å². The third-order valence-corrected chi connectivity index (χ3v) is 6.59. The van der Waals surface area contributed by atoms with Gasteiger partial charge in [-0.15, -0.1) is 0 Å². The number of sulfonamides is 1. The van der Waals surface area contributed by atoms with Crippen molar-refractivity contribution in [3.05, 3.63) is 18.2 Å². The zero-order valence-corrected chi connectivity index (χ0v) is 13.7. The molecular weight excluding hydrogens is 288 g/mol. The van der Waals surface area contributed by atoms with E-state index in [-0.39, 0.29) is 10.3 Å². The molecule has 1 fully saturated rings. The Balaban J connectivity index is 2.31. The van der Waals surface area contributed by atoms with Crippen LogP contribution in [0.2, 0.25) is 0 Å². The van der Waals surface area contributed by atoms with Crippen LogP contribution in [-0.4, -0.2) is 32.9 Å². The lowest BCUT2D eigenvalue weighted by Gasteiger charge is -2.26. The van der Waals surface area contributed by atoms with Crippen molar-refractivity contribution in [1.29, 1.82) is 0 Å². The first-order valence-electron chi connectivity index (χ1n) is 7.32. The minimum absolute atomic E-state index is 0.116. The van der Waals surface area contributed by atoms with Gasteiger partial charge in [0.15, 0.2) is 0 Å². The number of methoxy groups -OCH3 is 1. The fraction of sp³-hybridized carbons (Fsp3) is 0.600. The monoisotopic (exact) mass is 312 g/mol. The van der Waals surface area contributed by atoms with Crippen molar-refractivity contribution >= 4 is 15.7 Å². The molecule has 2 N–H and O–H groups in total. The molecule has 0 radical (unpaired) electrons. The van der Waals surface area contributed by atoms with Crippen LogP contribution in [0.3, 0.4) is 0 Å². The third kappa shape index (κ3) is 2.87. The Kier molecular flexibility index (Phi) is 4.49. The zero-order chi connectivity index (χ0) is 15.7. The van der Waals surface area contributed by atoms with E-state index in [0.717, 1.165) is 19.3 Å². The molecule has 0 spiro atoms. The predicted molar refractivity (Wildman–Crippen MR) is 83.8 cm³/mol. The number of nitrogens with zero attached hydrogens (tertiary/aromatic N) is 1. The quantitative estimate of drug-likeness (QED) is 0.848. The summed E-state index contributed by atoms with van der Waals surface area (Å²) < 4.78 is 32.2. The van der Waals surface area contributed by atoms with E-state index >= 15 is 0 Å². The maximum absolute atomic E-state index is 12.8. The van der Waals surface area contributed by atoms with Crippen LogP contribution in [-0.2, 0) is 10.0 Å². The van der Waals surface area contributed by atoms with E-state index < -0.39 is 10.0 Å². The number of anilines is 1. The molecule has 6 heteroatoms. The van der Waals surface area contributed by atoms with E-state index in [1.807, 2.05) is 0 Å². The first kappa shape index (κ1) is 16.1. The molecule has 0 aromatic heterocycles. The van der Waals surface area contributed by atoms with Gasteiger partial charge >= 0.3 is 0 Å². The molecule has 1 aromatic rings. The van der Waals surface area contributed by atoms with Crippen LogP contribution in [0.1, 0.15) is 33.1 Å². The van der Waals surface area contributed by atoms with Gasteiger partial charge < -0.3 is 10.5 Å². The molecule has 5 nitrogen and oxygen atoms in total. The Morgan fingerprint density at radius 2 is 2.00 bits per heavy atom. The van der Waals surface area contributed by atoms with Gasteiger partial charge in [-0.2, -0.15) is 4.31 Å². The summed E-state index contributed by atoms with van der Waals surface area (Å²) >= 11 is 0. The molecule has 0 unspecified atom stereocenters. The normalized spacial score (nSPS) is 18.8. The predicted octanol–water partition coefficient (Wildman–Crippen LogP) is 2.48. The minimum atomic E-state index is -3.48. The molecular formula is C15H24N2O3S. The number of nitrogen functional groups attached to an aromatic ring is 1. The highest BCUT2D eigenvalue weighted by molar-refractivity contribution is 7.89. The summed E-state index contributed by atoms with van der Waals surface area (Å²) in [5, 5.41) is 0. The van der Waals surface area contributed by atoms with Crippen molar-refractivity contribution in [1.82, 2.24) is 4.31 Å². The van der Waals surface area contributed by atoms with Crippen molar-refractivity contribution in [3.8, 4) is 5.75 Å². The van der Waals surface area contributed by atoms with E-state index in [9.17, 15) is 8.42 Å². The lowest BCUT2D eigenvalue weighted by Crippen LogP contribution is -2.31. The number of nitrogens with two attached hydrogens (primary N) is 1. The molecule has 21 heavy (non-hydrogen) atoms. The van der Waals surface area contributed by atoms with Gasteiger partial charge in [0.2, 0.25) is 10.0 Å². The first-order chi connectivity index (χ1) is 9.88. The summed E-state index contributed by atoms with van der Waals surface area (Å²) in [6.07, 6.45) is 2.92. The van der Waals surface area contributed by atoms with Gasteiger partial charge in [-0.3, -0.25) is 0 Å². The summed E-state index contributed by atoms with van der Waals surface area (Å²) in [7, 11) is -2.00. The average molecular weight is 312 g/mol. The molecule has 0 aliphatic carbocycles. The SMILES string of the molecule is CCC1(CC)CCN(S(=O)(=O)c2ccc(N)c(OC)c2)C1. The Hall–Kier alpha value is -1.27. The second kappa shape index (κ2) is 5.85. The second-order valence-corrected chi connectivity index (χ2v) is 7.64. The summed E-state index contributed by atoms with van der Waals surface area (Å²) in [4.78, 5) is 0.247. The fourth-order valence-corrected chi connectivity index (χ4v) is 4.50. The van der Waals surface area contributed by atoms with Gasteiger partial charge in [0.05, 0.1) is 17.7 Å². The van der Waals surface area contributed by atoms with E-state index in [2.05, 4.69) is 13.8 Å². The van der Waals surface area contributed by atoms with Crippen LogP contribution in [0.15, 0.2) is 23.1 Å². The van der Waals surface area contributed by atoms with Crippen LogP contribution in [0.4, 0.5) is 5.69 Å². The number of hydrogen-bond donors (Lipinski definition) is 1. The van der Waals surface area contributed by atoms with Gasteiger partial charge in [-0.25, -0.2) is 8.42 Å². The largest absolute Gasteiger partial charge is 0.495 e. The highest BCUT2D eigenvalue weighted by Crippen LogP contribution is 2.39. The Bertz CT molecular complexity index is 609. The smallest absolute Gasteiger partial charge is 0.243 e. The highest BCUT2D eigenvalue weighted by atomic mass is 32.2. The maximum atomic E-state index is 12.8. The number of ether oxygens (including phenoxy) is 1. The van der Waals surface area contributed by atoms with E-state index in [1.165, 1.54) is 13.2 Å². The van der Waals surface area contributed by atoms with Crippen LogP contribution in [0, 0.1) is 5.41 Å². The van der Waals surface area contributed by atoms with E-state index in [1.54, 1.807) is 16.4 Å². The van der Waals surface area contributed by atoms with Gasteiger partial charge in [-0.05, 0) is 36.8 Å². The average Bonchev–Trinajstić information content (AvgIpc) is 2.93. The Morgan fingerprint density at radius 3 is 2.52 bits per heavy atom. The molecule has 1 aromatic carbocycles. The first-order valence-corrected chi connectivity index (χ1v) is 8.76. The van der Waals surface area contributed by atoms with Crippen molar-refractivity contribution in [3.63, 3.8) is 0 Å². The van der Waals surface area contributed by atoms with Crippen LogP contribution >= 0.6 is 0 Å². The number of hydrogen-bond acceptors (Lipinski definition) is 4. The maximum Gasteiger partial charge on any atom is 0.243 e. The van der Waals surface area contributed by atoms with Crippen LogP contribution < -0.4 is 10.5 Å². The van der Waals surface area contributed by atoms with Crippen LogP contribution in [0.5, 0.6) is 5.75 Å². The summed E-state index contributed by atoms with van der Waals surface area (Å²) in [6.45, 7) is 5.43. The molecule has 1 aliphatic heterocycles. The molecule has 0 amide bonds. The van der Waals surface area contributed by atoms with E-state index in [0.29, 0.717) is 24.5 Å². The molecule has 1 saturated heterocycles. The topological polar surface area (TPSA) is 72.6 Å².